The number of aliphatic carboxylic acids is 1. The second-order valence-electron chi connectivity index (χ2n) is 3.94. The Morgan fingerprint density at radius 1 is 1.47 bits per heavy atom. The first-order chi connectivity index (χ1) is 7.18. The summed E-state index contributed by atoms with van der Waals surface area (Å²) in [6.07, 6.45) is 3.97. The van der Waals surface area contributed by atoms with E-state index >= 15 is 0 Å². The van der Waals surface area contributed by atoms with Crippen LogP contribution >= 0.6 is 0 Å². The minimum absolute atomic E-state index is 0.222. The van der Waals surface area contributed by atoms with Gasteiger partial charge < -0.3 is 5.11 Å². The number of aryl methyl sites for hydroxylation is 1. The molecule has 15 heavy (non-hydrogen) atoms. The largest absolute Gasteiger partial charge is 0.481 e. The maximum atomic E-state index is 10.5. The number of carboxylic acid groups (broad SMARTS) is 1. The van der Waals surface area contributed by atoms with E-state index < -0.39 is 5.97 Å². The Morgan fingerprint density at radius 2 is 2.27 bits per heavy atom. The molecule has 0 aromatic heterocycles. The topological polar surface area (TPSA) is 37.3 Å². The van der Waals surface area contributed by atoms with Crippen LogP contribution in [-0.2, 0) is 11.2 Å². The van der Waals surface area contributed by atoms with Crippen LogP contribution in [0.5, 0.6) is 0 Å². The first kappa shape index (κ1) is 9.97. The van der Waals surface area contributed by atoms with E-state index in [0.717, 1.165) is 6.42 Å². The fourth-order valence-corrected chi connectivity index (χ4v) is 2.16. The summed E-state index contributed by atoms with van der Waals surface area (Å²) in [5.41, 5.74) is 5.06. The number of rotatable bonds is 3. The molecule has 0 bridgehead atoms. The minimum Gasteiger partial charge on any atom is -0.481 e. The van der Waals surface area contributed by atoms with Gasteiger partial charge in [0.2, 0.25) is 0 Å². The highest BCUT2D eigenvalue weighted by molar-refractivity contribution is 5.78. The molecule has 0 unspecified atom stereocenters. The van der Waals surface area contributed by atoms with Crippen LogP contribution in [0.25, 0.3) is 5.57 Å². The summed E-state index contributed by atoms with van der Waals surface area (Å²) in [5, 5.41) is 8.66. The van der Waals surface area contributed by atoms with Gasteiger partial charge in [-0.05, 0) is 42.0 Å². The summed E-state index contributed by atoms with van der Waals surface area (Å²) in [4.78, 5) is 10.5. The summed E-state index contributed by atoms with van der Waals surface area (Å²) >= 11 is 0. The van der Waals surface area contributed by atoms with Crippen molar-refractivity contribution in [2.24, 2.45) is 0 Å². The number of carbonyl (C=O) groups is 1. The van der Waals surface area contributed by atoms with E-state index in [9.17, 15) is 4.79 Å². The van der Waals surface area contributed by atoms with Crippen LogP contribution in [0.1, 0.15) is 29.5 Å². The second kappa shape index (κ2) is 3.89. The summed E-state index contributed by atoms with van der Waals surface area (Å²) < 4.78 is 0. The predicted octanol–water partition coefficient (Wildman–Crippen LogP) is 2.80. The van der Waals surface area contributed by atoms with Crippen LogP contribution in [0.15, 0.2) is 24.3 Å². The summed E-state index contributed by atoms with van der Waals surface area (Å²) in [6, 6.07) is 6.26. The van der Waals surface area contributed by atoms with E-state index in [2.05, 4.69) is 31.2 Å². The van der Waals surface area contributed by atoms with Crippen LogP contribution in [-0.4, -0.2) is 11.1 Å². The zero-order valence-corrected chi connectivity index (χ0v) is 8.79. The number of fused-ring (bicyclic) bond motifs is 1. The van der Waals surface area contributed by atoms with Gasteiger partial charge in [-0.2, -0.15) is 0 Å². The Labute approximate surface area is 89.2 Å². The molecule has 1 aromatic carbocycles. The fourth-order valence-electron chi connectivity index (χ4n) is 2.16. The lowest BCUT2D eigenvalue weighted by atomic mass is 9.97. The van der Waals surface area contributed by atoms with Crippen molar-refractivity contribution in [3.05, 3.63) is 41.0 Å². The van der Waals surface area contributed by atoms with Gasteiger partial charge in [0.1, 0.15) is 0 Å². The summed E-state index contributed by atoms with van der Waals surface area (Å²) in [6.45, 7) is 2.08. The van der Waals surface area contributed by atoms with E-state index in [1.54, 1.807) is 0 Å². The zero-order chi connectivity index (χ0) is 10.8. The van der Waals surface area contributed by atoms with Crippen molar-refractivity contribution in [2.45, 2.75) is 26.2 Å². The molecule has 1 N–H and O–H groups in total. The molecular weight excluding hydrogens is 188 g/mol. The molecule has 0 amide bonds. The molecule has 0 aliphatic heterocycles. The number of hydrogen-bond acceptors (Lipinski definition) is 1. The average Bonchev–Trinajstić information content (AvgIpc) is 2.59. The molecule has 78 valence electrons. The Hall–Kier alpha value is -1.57. The lowest BCUT2D eigenvalue weighted by Crippen LogP contribution is -1.96. The van der Waals surface area contributed by atoms with Crippen molar-refractivity contribution in [3.8, 4) is 0 Å². The third-order valence-corrected chi connectivity index (χ3v) is 2.86. The third-order valence-electron chi connectivity index (χ3n) is 2.86. The van der Waals surface area contributed by atoms with Gasteiger partial charge in [-0.25, -0.2) is 0 Å². The Balaban J connectivity index is 2.23. The molecule has 0 atom stereocenters. The van der Waals surface area contributed by atoms with Crippen molar-refractivity contribution >= 4 is 11.5 Å². The number of benzene rings is 1. The van der Waals surface area contributed by atoms with Crippen molar-refractivity contribution in [1.82, 2.24) is 0 Å². The highest BCUT2D eigenvalue weighted by atomic mass is 16.4. The maximum Gasteiger partial charge on any atom is 0.303 e. The van der Waals surface area contributed by atoms with E-state index in [-0.39, 0.29) is 6.42 Å². The smallest absolute Gasteiger partial charge is 0.303 e. The van der Waals surface area contributed by atoms with E-state index in [0.29, 0.717) is 6.42 Å². The summed E-state index contributed by atoms with van der Waals surface area (Å²) in [5.74, 6) is -0.724. The van der Waals surface area contributed by atoms with E-state index in [1.165, 1.54) is 22.3 Å². The quantitative estimate of drug-likeness (QED) is 0.818. The number of carboxylic acids is 1. The van der Waals surface area contributed by atoms with Crippen molar-refractivity contribution in [2.75, 3.05) is 0 Å². The molecule has 2 heteroatoms. The monoisotopic (exact) mass is 202 g/mol. The van der Waals surface area contributed by atoms with Crippen molar-refractivity contribution < 1.29 is 9.90 Å². The standard InChI is InChI=1S/C13H14O2/c1-9-3-2-4-10-5-6-11(13(9)10)7-8-12(14)15/h2-4,6H,5,7-8H2,1H3,(H,14,15). The van der Waals surface area contributed by atoms with Gasteiger partial charge in [-0.15, -0.1) is 0 Å². The molecule has 2 rings (SSSR count). The first-order valence-corrected chi connectivity index (χ1v) is 5.18. The van der Waals surface area contributed by atoms with Crippen LogP contribution < -0.4 is 0 Å². The van der Waals surface area contributed by atoms with E-state index in [4.69, 9.17) is 5.11 Å². The van der Waals surface area contributed by atoms with Gasteiger partial charge in [0.25, 0.3) is 0 Å². The molecule has 1 aliphatic carbocycles. The SMILES string of the molecule is Cc1cccc2c1C(CCC(=O)O)=CC2. The maximum absolute atomic E-state index is 10.5. The van der Waals surface area contributed by atoms with Crippen LogP contribution in [0.4, 0.5) is 0 Å². The number of hydrogen-bond donors (Lipinski definition) is 1. The van der Waals surface area contributed by atoms with Gasteiger partial charge in [0.15, 0.2) is 0 Å². The molecule has 0 fully saturated rings. The molecule has 0 saturated heterocycles. The molecule has 2 nitrogen and oxygen atoms in total. The Morgan fingerprint density at radius 3 is 3.00 bits per heavy atom. The first-order valence-electron chi connectivity index (χ1n) is 5.18. The van der Waals surface area contributed by atoms with Crippen LogP contribution in [0, 0.1) is 6.92 Å². The van der Waals surface area contributed by atoms with Crippen LogP contribution in [0.3, 0.4) is 0 Å². The average molecular weight is 202 g/mol. The van der Waals surface area contributed by atoms with E-state index in [1.807, 2.05) is 0 Å². The molecule has 0 heterocycles. The molecule has 0 radical (unpaired) electrons. The second-order valence-corrected chi connectivity index (χ2v) is 3.94. The molecule has 0 spiro atoms. The lowest BCUT2D eigenvalue weighted by molar-refractivity contribution is -0.136. The van der Waals surface area contributed by atoms with Gasteiger partial charge in [-0.1, -0.05) is 24.3 Å². The third kappa shape index (κ3) is 1.94. The molecule has 0 saturated carbocycles. The molecule has 1 aromatic rings. The molecule has 1 aliphatic rings. The van der Waals surface area contributed by atoms with Gasteiger partial charge in [0.05, 0.1) is 0 Å². The van der Waals surface area contributed by atoms with Gasteiger partial charge in [-0.3, -0.25) is 4.79 Å². The highest BCUT2D eigenvalue weighted by Gasteiger charge is 2.16. The highest BCUT2D eigenvalue weighted by Crippen LogP contribution is 2.32. The van der Waals surface area contributed by atoms with Gasteiger partial charge in [0, 0.05) is 6.42 Å². The minimum atomic E-state index is -0.724. The number of allylic oxidation sites excluding steroid dienone is 2. The predicted molar refractivity (Wildman–Crippen MR) is 59.7 cm³/mol. The normalized spacial score (nSPS) is 13.5. The zero-order valence-electron chi connectivity index (χ0n) is 8.79. The van der Waals surface area contributed by atoms with Gasteiger partial charge >= 0.3 is 5.97 Å². The molecular formula is C13H14O2. The fraction of sp³-hybridized carbons (Fsp3) is 0.308. The Kier molecular flexibility index (Phi) is 2.58. The lowest BCUT2D eigenvalue weighted by Gasteiger charge is -2.08. The van der Waals surface area contributed by atoms with Crippen molar-refractivity contribution in [1.29, 1.82) is 0 Å². The van der Waals surface area contributed by atoms with Crippen molar-refractivity contribution in [3.63, 3.8) is 0 Å². The Bertz CT molecular complexity index is 430. The summed E-state index contributed by atoms with van der Waals surface area (Å²) in [7, 11) is 0. The van der Waals surface area contributed by atoms with Crippen LogP contribution in [0.2, 0.25) is 0 Å².